The molecule has 4 nitrogen and oxygen atoms in total. The first-order valence-electron chi connectivity index (χ1n) is 10.5. The molecule has 0 atom stereocenters. The van der Waals surface area contributed by atoms with Crippen molar-refractivity contribution in [3.63, 3.8) is 0 Å². The van der Waals surface area contributed by atoms with Gasteiger partial charge >= 0.3 is 0 Å². The molecule has 1 saturated heterocycles. The molecule has 3 aromatic carbocycles. The molecule has 5 rings (SSSR count). The molecule has 0 bridgehead atoms. The number of fused-ring (bicyclic) bond motifs is 1. The third-order valence-electron chi connectivity index (χ3n) is 5.75. The van der Waals surface area contributed by atoms with Crippen molar-refractivity contribution in [2.45, 2.75) is 25.9 Å². The molecule has 150 valence electrons. The van der Waals surface area contributed by atoms with Gasteiger partial charge in [0, 0.05) is 29.9 Å². The van der Waals surface area contributed by atoms with Gasteiger partial charge < -0.3 is 9.64 Å². The first kappa shape index (κ1) is 18.6. The molecule has 3 aromatic rings. The van der Waals surface area contributed by atoms with E-state index in [2.05, 4.69) is 11.0 Å². The number of benzene rings is 3. The van der Waals surface area contributed by atoms with Crippen LogP contribution in [0.2, 0.25) is 0 Å². The summed E-state index contributed by atoms with van der Waals surface area (Å²) < 4.78 is 5.95. The van der Waals surface area contributed by atoms with Crippen LogP contribution in [0.1, 0.15) is 40.7 Å². The number of hydrogen-bond acceptors (Lipinski definition) is 4. The molecule has 4 heteroatoms. The molecule has 0 aromatic heterocycles. The summed E-state index contributed by atoms with van der Waals surface area (Å²) in [5, 5.41) is 0. The van der Waals surface area contributed by atoms with Crippen LogP contribution < -0.4 is 9.64 Å². The normalized spacial score (nSPS) is 15.7. The molecule has 0 aliphatic carbocycles. The van der Waals surface area contributed by atoms with Crippen LogP contribution in [0.4, 0.5) is 11.4 Å². The maximum absolute atomic E-state index is 12.9. The monoisotopic (exact) mass is 396 g/mol. The van der Waals surface area contributed by atoms with E-state index >= 15 is 0 Å². The van der Waals surface area contributed by atoms with Crippen LogP contribution >= 0.6 is 0 Å². The van der Waals surface area contributed by atoms with E-state index in [1.54, 1.807) is 0 Å². The highest BCUT2D eigenvalue weighted by Crippen LogP contribution is 2.33. The maximum Gasteiger partial charge on any atom is 0.171 e. The fourth-order valence-corrected chi connectivity index (χ4v) is 4.12. The Bertz CT molecular complexity index is 1100. The summed E-state index contributed by atoms with van der Waals surface area (Å²) in [7, 11) is 0. The number of carbonyl (C=O) groups is 1. The van der Waals surface area contributed by atoms with Gasteiger partial charge in [-0.3, -0.25) is 9.79 Å². The van der Waals surface area contributed by atoms with Crippen LogP contribution in [-0.2, 0) is 6.61 Å². The lowest BCUT2D eigenvalue weighted by molar-refractivity contribution is 0.1000. The molecular formula is C26H24N2O2. The Morgan fingerprint density at radius 2 is 1.73 bits per heavy atom. The van der Waals surface area contributed by atoms with Crippen LogP contribution in [0.5, 0.6) is 5.75 Å². The molecule has 0 saturated carbocycles. The van der Waals surface area contributed by atoms with Crippen molar-refractivity contribution >= 4 is 22.9 Å². The number of ketones is 1. The van der Waals surface area contributed by atoms with Crippen molar-refractivity contribution in [2.24, 2.45) is 4.99 Å². The topological polar surface area (TPSA) is 41.9 Å². The third-order valence-corrected chi connectivity index (χ3v) is 5.75. The number of hydrogen-bond donors (Lipinski definition) is 0. The maximum atomic E-state index is 12.9. The van der Waals surface area contributed by atoms with Gasteiger partial charge in [0.25, 0.3) is 0 Å². The highest BCUT2D eigenvalue weighted by molar-refractivity contribution is 6.21. The number of rotatable bonds is 5. The zero-order chi connectivity index (χ0) is 20.3. The van der Waals surface area contributed by atoms with Crippen molar-refractivity contribution in [3.05, 3.63) is 89.5 Å². The number of anilines is 1. The minimum absolute atomic E-state index is 0.131. The first-order valence-corrected chi connectivity index (χ1v) is 10.5. The lowest BCUT2D eigenvalue weighted by Gasteiger charge is -2.21. The van der Waals surface area contributed by atoms with Crippen LogP contribution in [0, 0.1) is 0 Å². The predicted molar refractivity (Wildman–Crippen MR) is 120 cm³/mol. The largest absolute Gasteiger partial charge is 0.489 e. The molecule has 30 heavy (non-hydrogen) atoms. The Hall–Kier alpha value is -3.40. The Balaban J connectivity index is 1.38. The second-order valence-electron chi connectivity index (χ2n) is 7.86. The zero-order valence-corrected chi connectivity index (χ0v) is 16.9. The summed E-state index contributed by atoms with van der Waals surface area (Å²) in [5.74, 6) is 0.910. The summed E-state index contributed by atoms with van der Waals surface area (Å²) in [6.07, 6.45) is 2.75. The number of nitrogens with zero attached hydrogens (tertiary/aromatic N) is 2. The summed E-state index contributed by atoms with van der Waals surface area (Å²) in [5.41, 5.74) is 5.49. The minimum Gasteiger partial charge on any atom is -0.489 e. The van der Waals surface area contributed by atoms with Gasteiger partial charge in [-0.05, 0) is 48.7 Å². The Labute approximate surface area is 176 Å². The van der Waals surface area contributed by atoms with Gasteiger partial charge in [0.2, 0.25) is 0 Å². The van der Waals surface area contributed by atoms with Gasteiger partial charge in [0.1, 0.15) is 12.4 Å². The fraction of sp³-hybridized carbons (Fsp3) is 0.231. The average molecular weight is 396 g/mol. The zero-order valence-electron chi connectivity index (χ0n) is 16.9. The Morgan fingerprint density at radius 3 is 2.57 bits per heavy atom. The SMILES string of the molecule is O=C1CC(c2cccc(OCc3ccccc3)c2)=Nc2ccc(N3CCCC3)cc21. The third kappa shape index (κ3) is 3.86. The molecule has 0 spiro atoms. The molecule has 0 radical (unpaired) electrons. The number of carbonyl (C=O) groups excluding carboxylic acids is 1. The highest BCUT2D eigenvalue weighted by atomic mass is 16.5. The van der Waals surface area contributed by atoms with E-state index in [4.69, 9.17) is 9.73 Å². The first-order chi connectivity index (χ1) is 14.8. The van der Waals surface area contributed by atoms with E-state index in [-0.39, 0.29) is 5.78 Å². The van der Waals surface area contributed by atoms with E-state index in [1.807, 2.05) is 66.7 Å². The molecule has 0 unspecified atom stereocenters. The van der Waals surface area contributed by atoms with E-state index in [0.717, 1.165) is 52.6 Å². The van der Waals surface area contributed by atoms with Crippen molar-refractivity contribution in [3.8, 4) is 5.75 Å². The van der Waals surface area contributed by atoms with Crippen molar-refractivity contribution in [1.82, 2.24) is 0 Å². The molecule has 0 N–H and O–H groups in total. The molecule has 2 aliphatic rings. The standard InChI is InChI=1S/C26H24N2O2/c29-26-17-25(27-24-12-11-21(16-23(24)26)28-13-4-5-14-28)20-9-6-10-22(15-20)30-18-19-7-2-1-3-8-19/h1-3,6-12,15-16H,4-5,13-14,17-18H2. The lowest BCUT2D eigenvalue weighted by Crippen LogP contribution is -2.19. The number of ether oxygens (including phenoxy) is 1. The van der Waals surface area contributed by atoms with E-state index in [0.29, 0.717) is 13.0 Å². The van der Waals surface area contributed by atoms with Crippen molar-refractivity contribution in [2.75, 3.05) is 18.0 Å². The van der Waals surface area contributed by atoms with Gasteiger partial charge in [0.05, 0.1) is 17.8 Å². The summed E-state index contributed by atoms with van der Waals surface area (Å²) in [6, 6.07) is 24.0. The highest BCUT2D eigenvalue weighted by Gasteiger charge is 2.23. The summed E-state index contributed by atoms with van der Waals surface area (Å²) >= 11 is 0. The van der Waals surface area contributed by atoms with Crippen LogP contribution in [-0.4, -0.2) is 24.6 Å². The van der Waals surface area contributed by atoms with E-state index in [1.165, 1.54) is 12.8 Å². The Kier molecular flexibility index (Phi) is 5.06. The fourth-order valence-electron chi connectivity index (χ4n) is 4.12. The molecule has 2 heterocycles. The van der Waals surface area contributed by atoms with Gasteiger partial charge in [-0.2, -0.15) is 0 Å². The molecular weight excluding hydrogens is 372 g/mol. The van der Waals surface area contributed by atoms with Gasteiger partial charge in [-0.15, -0.1) is 0 Å². The number of Topliss-reactive ketones (excluding diaryl/α,β-unsaturated/α-hetero) is 1. The van der Waals surface area contributed by atoms with Gasteiger partial charge in [-0.1, -0.05) is 42.5 Å². The molecule has 2 aliphatic heterocycles. The van der Waals surface area contributed by atoms with E-state index < -0.39 is 0 Å². The quantitative estimate of drug-likeness (QED) is 0.566. The van der Waals surface area contributed by atoms with Crippen molar-refractivity contribution in [1.29, 1.82) is 0 Å². The second-order valence-corrected chi connectivity index (χ2v) is 7.86. The van der Waals surface area contributed by atoms with Crippen molar-refractivity contribution < 1.29 is 9.53 Å². The summed E-state index contributed by atoms with van der Waals surface area (Å²) in [4.78, 5) is 20.1. The number of aliphatic imine (C=N–C) groups is 1. The predicted octanol–water partition coefficient (Wildman–Crippen LogP) is 5.57. The average Bonchev–Trinajstić information content (AvgIpc) is 3.33. The van der Waals surface area contributed by atoms with Crippen LogP contribution in [0.15, 0.2) is 77.8 Å². The lowest BCUT2D eigenvalue weighted by atomic mass is 9.95. The smallest absolute Gasteiger partial charge is 0.171 e. The minimum atomic E-state index is 0.131. The van der Waals surface area contributed by atoms with E-state index in [9.17, 15) is 4.79 Å². The van der Waals surface area contributed by atoms with Gasteiger partial charge in [-0.25, -0.2) is 0 Å². The summed E-state index contributed by atoms with van der Waals surface area (Å²) in [6.45, 7) is 2.65. The van der Waals surface area contributed by atoms with Crippen LogP contribution in [0.25, 0.3) is 0 Å². The van der Waals surface area contributed by atoms with Crippen LogP contribution in [0.3, 0.4) is 0 Å². The Morgan fingerprint density at radius 1 is 0.900 bits per heavy atom. The second kappa shape index (κ2) is 8.15. The molecule has 0 amide bonds. The molecule has 1 fully saturated rings. The van der Waals surface area contributed by atoms with Gasteiger partial charge in [0.15, 0.2) is 5.78 Å².